The van der Waals surface area contributed by atoms with E-state index in [4.69, 9.17) is 23.2 Å². The van der Waals surface area contributed by atoms with Crippen molar-refractivity contribution < 1.29 is 33.3 Å². The maximum atomic E-state index is 12.1. The lowest BCUT2D eigenvalue weighted by atomic mass is 10.3. The molecule has 2 amide bonds. The minimum atomic E-state index is -0.0990. The summed E-state index contributed by atoms with van der Waals surface area (Å²) in [7, 11) is 4.35. The summed E-state index contributed by atoms with van der Waals surface area (Å²) >= 11 is 11.8. The molecule has 1 saturated heterocycles. The number of hydrogen-bond donors (Lipinski definition) is 1. The Kier molecular flexibility index (Phi) is 6.37. The molecular formula is C13H18Cl2IN3O. The molecule has 1 aromatic carbocycles. The summed E-state index contributed by atoms with van der Waals surface area (Å²) in [6.07, 6.45) is 0. The molecule has 0 bridgehead atoms. The molecule has 0 radical (unpaired) electrons. The summed E-state index contributed by atoms with van der Waals surface area (Å²) in [6, 6.07) is 4.92. The molecule has 1 aromatic rings. The van der Waals surface area contributed by atoms with Crippen LogP contribution < -0.4 is 29.3 Å². The number of rotatable bonds is 1. The van der Waals surface area contributed by atoms with E-state index in [1.807, 2.05) is 4.90 Å². The molecule has 0 aromatic heterocycles. The van der Waals surface area contributed by atoms with Gasteiger partial charge in [-0.25, -0.2) is 4.79 Å². The van der Waals surface area contributed by atoms with Gasteiger partial charge in [-0.3, -0.25) is 0 Å². The van der Waals surface area contributed by atoms with Crippen molar-refractivity contribution in [2.45, 2.75) is 0 Å². The summed E-state index contributed by atoms with van der Waals surface area (Å²) in [5, 5.41) is 3.86. The monoisotopic (exact) mass is 429 g/mol. The van der Waals surface area contributed by atoms with Crippen molar-refractivity contribution in [2.24, 2.45) is 0 Å². The second kappa shape index (κ2) is 7.15. The van der Waals surface area contributed by atoms with Gasteiger partial charge in [0.25, 0.3) is 0 Å². The van der Waals surface area contributed by atoms with Gasteiger partial charge in [0.15, 0.2) is 0 Å². The predicted octanol–water partition coefficient (Wildman–Crippen LogP) is -0.0787. The molecule has 1 heterocycles. The SMILES string of the molecule is C[N+]1(C)CCN(C(=O)Nc2cc(Cl)cc(Cl)c2)CC1.[I-]. The van der Waals surface area contributed by atoms with Crippen LogP contribution in [-0.2, 0) is 0 Å². The number of benzene rings is 1. The quantitative estimate of drug-likeness (QED) is 0.491. The molecular weight excluding hydrogens is 412 g/mol. The second-order valence-electron chi connectivity index (χ2n) is 5.46. The van der Waals surface area contributed by atoms with Crippen LogP contribution >= 0.6 is 23.2 Å². The number of nitrogens with zero attached hydrogens (tertiary/aromatic N) is 2. The highest BCUT2D eigenvalue weighted by molar-refractivity contribution is 6.35. The fraction of sp³-hybridized carbons (Fsp3) is 0.462. The second-order valence-corrected chi connectivity index (χ2v) is 6.33. The van der Waals surface area contributed by atoms with E-state index in [9.17, 15) is 4.79 Å². The van der Waals surface area contributed by atoms with E-state index in [0.29, 0.717) is 15.7 Å². The van der Waals surface area contributed by atoms with Gasteiger partial charge in [-0.15, -0.1) is 0 Å². The van der Waals surface area contributed by atoms with Crippen molar-refractivity contribution in [3.8, 4) is 0 Å². The normalized spacial score (nSPS) is 17.3. The van der Waals surface area contributed by atoms with Gasteiger partial charge >= 0.3 is 6.03 Å². The van der Waals surface area contributed by atoms with Crippen LogP contribution in [0, 0.1) is 0 Å². The van der Waals surface area contributed by atoms with Crippen LogP contribution in [0.25, 0.3) is 0 Å². The Hall–Kier alpha value is -0.240. The lowest BCUT2D eigenvalue weighted by Crippen LogP contribution is -3.00. The largest absolute Gasteiger partial charge is 1.00 e. The van der Waals surface area contributed by atoms with Crippen LogP contribution in [0.1, 0.15) is 0 Å². The van der Waals surface area contributed by atoms with Gasteiger partial charge in [0.05, 0.1) is 40.3 Å². The van der Waals surface area contributed by atoms with Gasteiger partial charge in [0.2, 0.25) is 0 Å². The maximum Gasteiger partial charge on any atom is 0.322 e. The van der Waals surface area contributed by atoms with Crippen LogP contribution in [0.2, 0.25) is 10.0 Å². The molecule has 0 atom stereocenters. The number of urea groups is 1. The van der Waals surface area contributed by atoms with Gasteiger partial charge in [-0.1, -0.05) is 23.2 Å². The van der Waals surface area contributed by atoms with Crippen LogP contribution in [0.15, 0.2) is 18.2 Å². The fourth-order valence-corrected chi connectivity index (χ4v) is 2.56. The third kappa shape index (κ3) is 4.95. The minimum absolute atomic E-state index is 0. The molecule has 0 aliphatic carbocycles. The Labute approximate surface area is 146 Å². The van der Waals surface area contributed by atoms with E-state index in [1.165, 1.54) is 0 Å². The van der Waals surface area contributed by atoms with Gasteiger partial charge in [0, 0.05) is 15.7 Å². The van der Waals surface area contributed by atoms with Crippen LogP contribution in [0.5, 0.6) is 0 Å². The summed E-state index contributed by atoms with van der Waals surface area (Å²) in [5.41, 5.74) is 0.627. The number of halogens is 3. The molecule has 0 saturated carbocycles. The first-order valence-electron chi connectivity index (χ1n) is 6.20. The highest BCUT2D eigenvalue weighted by Gasteiger charge is 2.27. The Morgan fingerprint density at radius 3 is 2.15 bits per heavy atom. The van der Waals surface area contributed by atoms with Crippen molar-refractivity contribution in [3.05, 3.63) is 28.2 Å². The fourth-order valence-electron chi connectivity index (χ4n) is 2.04. The summed E-state index contributed by atoms with van der Waals surface area (Å²) in [6.45, 7) is 3.44. The van der Waals surface area contributed by atoms with Crippen molar-refractivity contribution in [1.82, 2.24) is 4.90 Å². The van der Waals surface area contributed by atoms with Crippen LogP contribution in [0.3, 0.4) is 0 Å². The first-order chi connectivity index (χ1) is 8.85. The molecule has 1 aliphatic rings. The topological polar surface area (TPSA) is 32.3 Å². The molecule has 20 heavy (non-hydrogen) atoms. The zero-order valence-corrected chi connectivity index (χ0v) is 15.2. The Bertz CT molecular complexity index is 466. The number of quaternary nitrogens is 1. The van der Waals surface area contributed by atoms with Crippen molar-refractivity contribution in [2.75, 3.05) is 45.6 Å². The molecule has 112 valence electrons. The van der Waals surface area contributed by atoms with E-state index in [2.05, 4.69) is 19.4 Å². The highest BCUT2D eigenvalue weighted by atomic mass is 127. The molecule has 0 unspecified atom stereocenters. The molecule has 1 N–H and O–H groups in total. The third-order valence-corrected chi connectivity index (χ3v) is 3.79. The van der Waals surface area contributed by atoms with Crippen LogP contribution in [-0.4, -0.2) is 55.7 Å². The molecule has 1 fully saturated rings. The van der Waals surface area contributed by atoms with E-state index < -0.39 is 0 Å². The number of carbonyl (C=O) groups is 1. The standard InChI is InChI=1S/C13H17Cl2N3O.HI/c1-18(2)5-3-17(4-6-18)13(19)16-12-8-10(14)7-11(15)9-12;/h7-9H,3-6H2,1-2H3;1H. The smallest absolute Gasteiger partial charge is 0.322 e. The van der Waals surface area contributed by atoms with Gasteiger partial charge in [-0.2, -0.15) is 0 Å². The van der Waals surface area contributed by atoms with Crippen molar-refractivity contribution in [3.63, 3.8) is 0 Å². The molecule has 7 heteroatoms. The first-order valence-corrected chi connectivity index (χ1v) is 6.95. The molecule has 2 rings (SSSR count). The number of anilines is 1. The van der Waals surface area contributed by atoms with E-state index in [1.54, 1.807) is 18.2 Å². The van der Waals surface area contributed by atoms with Gasteiger partial charge in [-0.05, 0) is 18.2 Å². The summed E-state index contributed by atoms with van der Waals surface area (Å²) < 4.78 is 0.951. The molecule has 1 aliphatic heterocycles. The zero-order valence-electron chi connectivity index (χ0n) is 11.5. The van der Waals surface area contributed by atoms with Crippen molar-refractivity contribution in [1.29, 1.82) is 0 Å². The molecule has 0 spiro atoms. The number of hydrogen-bond acceptors (Lipinski definition) is 1. The number of piperazine rings is 1. The predicted molar refractivity (Wildman–Crippen MR) is 78.9 cm³/mol. The highest BCUT2D eigenvalue weighted by Crippen LogP contribution is 2.22. The van der Waals surface area contributed by atoms with E-state index >= 15 is 0 Å². The summed E-state index contributed by atoms with van der Waals surface area (Å²) in [4.78, 5) is 13.9. The average Bonchev–Trinajstić information content (AvgIpc) is 2.26. The third-order valence-electron chi connectivity index (χ3n) is 3.35. The first kappa shape index (κ1) is 17.8. The number of likely N-dealkylation sites (N-methyl/N-ethyl adjacent to an activating group) is 1. The Balaban J connectivity index is 0.00000200. The zero-order chi connectivity index (χ0) is 14.0. The van der Waals surface area contributed by atoms with Crippen LogP contribution in [0.4, 0.5) is 10.5 Å². The summed E-state index contributed by atoms with van der Waals surface area (Å²) in [5.74, 6) is 0. The Morgan fingerprint density at radius 2 is 1.65 bits per heavy atom. The number of amides is 2. The number of nitrogens with one attached hydrogen (secondary N) is 1. The molecule has 4 nitrogen and oxygen atoms in total. The van der Waals surface area contributed by atoms with Crippen molar-refractivity contribution >= 4 is 34.9 Å². The van der Waals surface area contributed by atoms with E-state index in [0.717, 1.165) is 30.7 Å². The van der Waals surface area contributed by atoms with Gasteiger partial charge in [0.1, 0.15) is 0 Å². The van der Waals surface area contributed by atoms with Gasteiger partial charge < -0.3 is 38.7 Å². The lowest BCUT2D eigenvalue weighted by molar-refractivity contribution is -0.894. The van der Waals surface area contributed by atoms with E-state index in [-0.39, 0.29) is 30.0 Å². The lowest BCUT2D eigenvalue weighted by Gasteiger charge is -2.38. The number of carbonyl (C=O) groups excluding carboxylic acids is 1. The maximum absolute atomic E-state index is 12.1. The minimum Gasteiger partial charge on any atom is -1.00 e. The average molecular weight is 430 g/mol. The Morgan fingerprint density at radius 1 is 1.15 bits per heavy atom.